The van der Waals surface area contributed by atoms with Crippen molar-refractivity contribution in [1.29, 1.82) is 0 Å². The Morgan fingerprint density at radius 3 is 3.09 bits per heavy atom. The van der Waals surface area contributed by atoms with Gasteiger partial charge in [-0.2, -0.15) is 11.8 Å². The van der Waals surface area contributed by atoms with E-state index in [1.165, 1.54) is 11.3 Å². The second kappa shape index (κ2) is 6.81. The van der Waals surface area contributed by atoms with Crippen LogP contribution in [-0.4, -0.2) is 52.6 Å². The highest BCUT2D eigenvalue weighted by Crippen LogP contribution is 2.48. The molecular weight excluding hydrogens is 308 g/mol. The van der Waals surface area contributed by atoms with Crippen molar-refractivity contribution in [3.8, 4) is 0 Å². The zero-order valence-corrected chi connectivity index (χ0v) is 14.2. The van der Waals surface area contributed by atoms with Crippen LogP contribution in [0.25, 0.3) is 0 Å². The van der Waals surface area contributed by atoms with Gasteiger partial charge in [0.05, 0.1) is 6.10 Å². The van der Waals surface area contributed by atoms with Gasteiger partial charge in [0.25, 0.3) is 0 Å². The predicted molar refractivity (Wildman–Crippen MR) is 91.5 cm³/mol. The van der Waals surface area contributed by atoms with Gasteiger partial charge in [0.15, 0.2) is 0 Å². The number of thioether (sulfide) groups is 1. The highest BCUT2D eigenvalue weighted by atomic mass is 32.2. The van der Waals surface area contributed by atoms with Crippen molar-refractivity contribution >= 4 is 17.7 Å². The number of carbonyl (C=O) groups is 1. The molecule has 1 saturated carbocycles. The lowest BCUT2D eigenvalue weighted by molar-refractivity contribution is -0.136. The van der Waals surface area contributed by atoms with Crippen molar-refractivity contribution in [2.24, 2.45) is 5.92 Å². The summed E-state index contributed by atoms with van der Waals surface area (Å²) in [5.41, 5.74) is 1.21. The van der Waals surface area contributed by atoms with Gasteiger partial charge >= 0.3 is 0 Å². The molecule has 23 heavy (non-hydrogen) atoms. The number of nitrogens with zero attached hydrogens (tertiary/aromatic N) is 2. The first-order valence-corrected chi connectivity index (χ1v) is 9.88. The predicted octanol–water partition coefficient (Wildman–Crippen LogP) is 2.70. The molecule has 1 aliphatic carbocycles. The van der Waals surface area contributed by atoms with Gasteiger partial charge in [-0.1, -0.05) is 6.07 Å². The van der Waals surface area contributed by atoms with Crippen molar-refractivity contribution in [2.75, 3.05) is 24.7 Å². The highest BCUT2D eigenvalue weighted by Gasteiger charge is 2.47. The Hall–Kier alpha value is -1.07. The maximum atomic E-state index is 13.1. The minimum atomic E-state index is 0.159. The molecular formula is C18H24N2O2S. The summed E-state index contributed by atoms with van der Waals surface area (Å²) >= 11 is 1.97. The smallest absolute Gasteiger partial charge is 0.226 e. The van der Waals surface area contributed by atoms with Crippen molar-refractivity contribution < 1.29 is 9.53 Å². The molecule has 1 amide bonds. The molecule has 2 saturated heterocycles. The summed E-state index contributed by atoms with van der Waals surface area (Å²) in [6.07, 6.45) is 8.30. The van der Waals surface area contributed by atoms with Gasteiger partial charge in [0, 0.05) is 43.3 Å². The molecule has 0 spiro atoms. The number of hydrogen-bond acceptors (Lipinski definition) is 4. The molecule has 3 fully saturated rings. The van der Waals surface area contributed by atoms with Gasteiger partial charge in [-0.05, 0) is 49.0 Å². The fourth-order valence-corrected chi connectivity index (χ4v) is 5.06. The zero-order valence-electron chi connectivity index (χ0n) is 13.4. The molecule has 0 aromatic carbocycles. The second-order valence-corrected chi connectivity index (χ2v) is 8.03. The van der Waals surface area contributed by atoms with Gasteiger partial charge in [0.2, 0.25) is 5.91 Å². The van der Waals surface area contributed by atoms with E-state index in [0.29, 0.717) is 17.9 Å². The summed E-state index contributed by atoms with van der Waals surface area (Å²) in [5, 5.41) is 0. The number of ether oxygens (including phenoxy) is 1. The normalized spacial score (nSPS) is 32.9. The lowest BCUT2D eigenvalue weighted by Crippen LogP contribution is -2.45. The number of rotatable bonds is 5. The SMILES string of the molecule is O=C([C@@H]1C[C@H]1c1cccnc1)N(C[C@@H]1CCCO1)[C@@H]1CCSC1. The molecule has 3 heterocycles. The average molecular weight is 332 g/mol. The number of hydrogen-bond donors (Lipinski definition) is 0. The summed E-state index contributed by atoms with van der Waals surface area (Å²) in [6, 6.07) is 4.47. The second-order valence-electron chi connectivity index (χ2n) is 6.88. The molecule has 124 valence electrons. The summed E-state index contributed by atoms with van der Waals surface area (Å²) in [6.45, 7) is 1.65. The summed E-state index contributed by atoms with van der Waals surface area (Å²) < 4.78 is 5.79. The number of amides is 1. The maximum absolute atomic E-state index is 13.1. The van der Waals surface area contributed by atoms with Crippen molar-refractivity contribution in [3.05, 3.63) is 30.1 Å². The van der Waals surface area contributed by atoms with Crippen molar-refractivity contribution in [3.63, 3.8) is 0 Å². The largest absolute Gasteiger partial charge is 0.376 e. The molecule has 4 rings (SSSR count). The Balaban J connectivity index is 1.44. The van der Waals surface area contributed by atoms with Crippen molar-refractivity contribution in [1.82, 2.24) is 9.88 Å². The van der Waals surface area contributed by atoms with Crippen LogP contribution in [-0.2, 0) is 9.53 Å². The van der Waals surface area contributed by atoms with Crippen LogP contribution in [0.2, 0.25) is 0 Å². The molecule has 0 unspecified atom stereocenters. The zero-order chi connectivity index (χ0) is 15.6. The van der Waals surface area contributed by atoms with Crippen LogP contribution < -0.4 is 0 Å². The Kier molecular flexibility index (Phi) is 4.58. The van der Waals surface area contributed by atoms with E-state index < -0.39 is 0 Å². The number of carbonyl (C=O) groups excluding carboxylic acids is 1. The first kappa shape index (κ1) is 15.5. The van der Waals surface area contributed by atoms with Gasteiger partial charge in [0.1, 0.15) is 0 Å². The summed E-state index contributed by atoms with van der Waals surface area (Å²) in [5.74, 6) is 3.14. The molecule has 3 aliphatic rings. The van der Waals surface area contributed by atoms with Crippen molar-refractivity contribution in [2.45, 2.75) is 43.7 Å². The third-order valence-corrected chi connectivity index (χ3v) is 6.42. The first-order chi connectivity index (χ1) is 11.3. The quantitative estimate of drug-likeness (QED) is 0.831. The lowest BCUT2D eigenvalue weighted by Gasteiger charge is -2.31. The standard InChI is InChI=1S/C18H24N2O2S/c21-18(17-9-16(17)13-3-1-6-19-10-13)20(14-5-8-23-12-14)11-15-4-2-7-22-15/h1,3,6,10,14-17H,2,4-5,7-9,11-12H2/t14-,15+,16+,17-/m1/s1. The topological polar surface area (TPSA) is 42.4 Å². The third-order valence-electron chi connectivity index (χ3n) is 5.27. The number of pyridine rings is 1. The van der Waals surface area contributed by atoms with Crippen LogP contribution in [0.5, 0.6) is 0 Å². The summed E-state index contributed by atoms with van der Waals surface area (Å²) in [7, 11) is 0. The molecule has 2 aliphatic heterocycles. The van der Waals surface area contributed by atoms with E-state index in [-0.39, 0.29) is 12.0 Å². The molecule has 0 bridgehead atoms. The first-order valence-electron chi connectivity index (χ1n) is 8.72. The van der Waals surface area contributed by atoms with E-state index in [1.54, 1.807) is 6.20 Å². The van der Waals surface area contributed by atoms with Gasteiger partial charge < -0.3 is 9.64 Å². The van der Waals surface area contributed by atoms with E-state index in [2.05, 4.69) is 16.0 Å². The van der Waals surface area contributed by atoms with Gasteiger partial charge in [-0.3, -0.25) is 9.78 Å². The Labute approximate surface area is 142 Å². The van der Waals surface area contributed by atoms with E-state index in [0.717, 1.165) is 44.6 Å². The molecule has 1 aromatic heterocycles. The Morgan fingerprint density at radius 1 is 1.43 bits per heavy atom. The van der Waals surface area contributed by atoms with Crippen LogP contribution in [0.3, 0.4) is 0 Å². The monoisotopic (exact) mass is 332 g/mol. The molecule has 0 radical (unpaired) electrons. The van der Waals surface area contributed by atoms with Crippen LogP contribution in [0.15, 0.2) is 24.5 Å². The highest BCUT2D eigenvalue weighted by molar-refractivity contribution is 7.99. The fraction of sp³-hybridized carbons (Fsp3) is 0.667. The van der Waals surface area contributed by atoms with Crippen LogP contribution in [0.1, 0.15) is 37.2 Å². The molecule has 4 nitrogen and oxygen atoms in total. The van der Waals surface area contributed by atoms with Crippen LogP contribution >= 0.6 is 11.8 Å². The van der Waals surface area contributed by atoms with Crippen LogP contribution in [0, 0.1) is 5.92 Å². The molecule has 1 aromatic rings. The van der Waals surface area contributed by atoms with Crippen LogP contribution in [0.4, 0.5) is 0 Å². The molecule has 0 N–H and O–H groups in total. The number of aromatic nitrogens is 1. The van der Waals surface area contributed by atoms with E-state index in [4.69, 9.17) is 4.74 Å². The maximum Gasteiger partial charge on any atom is 0.226 e. The van der Waals surface area contributed by atoms with E-state index in [1.807, 2.05) is 24.0 Å². The van der Waals surface area contributed by atoms with Gasteiger partial charge in [-0.15, -0.1) is 0 Å². The molecule has 5 heteroatoms. The third kappa shape index (κ3) is 3.41. The Bertz CT molecular complexity index is 541. The van der Waals surface area contributed by atoms with E-state index in [9.17, 15) is 4.79 Å². The molecule has 4 atom stereocenters. The van der Waals surface area contributed by atoms with Gasteiger partial charge in [-0.25, -0.2) is 0 Å². The van der Waals surface area contributed by atoms with E-state index >= 15 is 0 Å². The minimum Gasteiger partial charge on any atom is -0.376 e. The Morgan fingerprint density at radius 2 is 2.39 bits per heavy atom. The lowest BCUT2D eigenvalue weighted by atomic mass is 10.1. The minimum absolute atomic E-state index is 0.159. The fourth-order valence-electron chi connectivity index (χ4n) is 3.84. The summed E-state index contributed by atoms with van der Waals surface area (Å²) in [4.78, 5) is 19.5. The average Bonchev–Trinajstić information content (AvgIpc) is 2.98.